The monoisotopic (exact) mass is 183 g/mol. The standard InChI is InChI=1S/C9H13NOS/c1-2-11-8-6-10-5-7-3-4-12-9(7)8/h3-4,8,10H,2,5-6H2,1H3/t8-/m1/s1. The van der Waals surface area contributed by atoms with Crippen LogP contribution in [-0.2, 0) is 11.3 Å². The first kappa shape index (κ1) is 8.23. The van der Waals surface area contributed by atoms with Crippen LogP contribution in [0.2, 0.25) is 0 Å². The average Bonchev–Trinajstić information content (AvgIpc) is 2.53. The molecule has 0 radical (unpaired) electrons. The van der Waals surface area contributed by atoms with Gasteiger partial charge in [0.15, 0.2) is 0 Å². The highest BCUT2D eigenvalue weighted by Gasteiger charge is 2.20. The molecule has 0 aromatic carbocycles. The zero-order chi connectivity index (χ0) is 8.39. The van der Waals surface area contributed by atoms with Crippen molar-refractivity contribution in [3.8, 4) is 0 Å². The Hall–Kier alpha value is -0.380. The van der Waals surface area contributed by atoms with E-state index in [4.69, 9.17) is 4.74 Å². The third-order valence-corrected chi connectivity index (χ3v) is 3.14. The van der Waals surface area contributed by atoms with Crippen LogP contribution < -0.4 is 5.32 Å². The van der Waals surface area contributed by atoms with Gasteiger partial charge in [0.1, 0.15) is 6.10 Å². The second-order valence-electron chi connectivity index (χ2n) is 2.88. The molecule has 0 saturated carbocycles. The summed E-state index contributed by atoms with van der Waals surface area (Å²) < 4.78 is 5.62. The molecule has 3 heteroatoms. The Balaban J connectivity index is 2.19. The van der Waals surface area contributed by atoms with Crippen molar-refractivity contribution in [1.29, 1.82) is 0 Å². The predicted octanol–water partition coefficient (Wildman–Crippen LogP) is 1.93. The van der Waals surface area contributed by atoms with Crippen molar-refractivity contribution in [2.45, 2.75) is 19.6 Å². The Morgan fingerprint density at radius 1 is 1.75 bits per heavy atom. The molecule has 1 aliphatic rings. The molecule has 12 heavy (non-hydrogen) atoms. The van der Waals surface area contributed by atoms with E-state index in [-0.39, 0.29) is 0 Å². The van der Waals surface area contributed by atoms with Gasteiger partial charge in [0, 0.05) is 24.6 Å². The number of thiophene rings is 1. The van der Waals surface area contributed by atoms with Gasteiger partial charge < -0.3 is 10.1 Å². The fraction of sp³-hybridized carbons (Fsp3) is 0.556. The molecule has 1 aliphatic heterocycles. The summed E-state index contributed by atoms with van der Waals surface area (Å²) in [5.74, 6) is 0. The van der Waals surface area contributed by atoms with Crippen molar-refractivity contribution in [2.75, 3.05) is 13.2 Å². The maximum Gasteiger partial charge on any atom is 0.104 e. The van der Waals surface area contributed by atoms with E-state index in [2.05, 4.69) is 16.8 Å². The molecule has 2 heterocycles. The number of rotatable bonds is 2. The van der Waals surface area contributed by atoms with Crippen LogP contribution in [0, 0.1) is 0 Å². The normalized spacial score (nSPS) is 22.2. The average molecular weight is 183 g/mol. The Bertz CT molecular complexity index is 259. The number of nitrogens with one attached hydrogen (secondary N) is 1. The van der Waals surface area contributed by atoms with Gasteiger partial charge in [-0.2, -0.15) is 0 Å². The third kappa shape index (κ3) is 1.40. The van der Waals surface area contributed by atoms with Crippen molar-refractivity contribution < 1.29 is 4.74 Å². The summed E-state index contributed by atoms with van der Waals surface area (Å²) in [6.45, 7) is 4.80. The van der Waals surface area contributed by atoms with E-state index in [0.29, 0.717) is 6.10 Å². The fourth-order valence-corrected chi connectivity index (χ4v) is 2.52. The smallest absolute Gasteiger partial charge is 0.104 e. The zero-order valence-corrected chi connectivity index (χ0v) is 7.99. The quantitative estimate of drug-likeness (QED) is 0.756. The van der Waals surface area contributed by atoms with E-state index in [1.54, 1.807) is 0 Å². The van der Waals surface area contributed by atoms with Crippen LogP contribution in [0.15, 0.2) is 11.4 Å². The van der Waals surface area contributed by atoms with E-state index in [0.717, 1.165) is 19.7 Å². The van der Waals surface area contributed by atoms with Crippen molar-refractivity contribution in [3.63, 3.8) is 0 Å². The van der Waals surface area contributed by atoms with Gasteiger partial charge in [-0.05, 0) is 23.9 Å². The summed E-state index contributed by atoms with van der Waals surface area (Å²) in [5.41, 5.74) is 1.41. The van der Waals surface area contributed by atoms with E-state index in [1.165, 1.54) is 10.4 Å². The van der Waals surface area contributed by atoms with Crippen LogP contribution in [0.5, 0.6) is 0 Å². The highest BCUT2D eigenvalue weighted by atomic mass is 32.1. The molecule has 0 aliphatic carbocycles. The first-order chi connectivity index (χ1) is 5.92. The topological polar surface area (TPSA) is 21.3 Å². The zero-order valence-electron chi connectivity index (χ0n) is 7.17. The second-order valence-corrected chi connectivity index (χ2v) is 3.83. The van der Waals surface area contributed by atoms with Gasteiger partial charge in [0.2, 0.25) is 0 Å². The lowest BCUT2D eigenvalue weighted by atomic mass is 10.1. The molecule has 2 nitrogen and oxygen atoms in total. The molecule has 0 unspecified atom stereocenters. The fourth-order valence-electron chi connectivity index (χ4n) is 1.54. The number of hydrogen-bond acceptors (Lipinski definition) is 3. The van der Waals surface area contributed by atoms with E-state index in [1.807, 2.05) is 18.3 Å². The number of fused-ring (bicyclic) bond motifs is 1. The van der Waals surface area contributed by atoms with Crippen molar-refractivity contribution in [2.24, 2.45) is 0 Å². The lowest BCUT2D eigenvalue weighted by molar-refractivity contribution is 0.0596. The Morgan fingerprint density at radius 3 is 3.50 bits per heavy atom. The molecule has 0 fully saturated rings. The minimum absolute atomic E-state index is 0.291. The molecular formula is C9H13NOS. The third-order valence-electron chi connectivity index (χ3n) is 2.09. The molecule has 1 atom stereocenters. The molecule has 0 bridgehead atoms. The van der Waals surface area contributed by atoms with Crippen molar-refractivity contribution in [1.82, 2.24) is 5.32 Å². The predicted molar refractivity (Wildman–Crippen MR) is 50.4 cm³/mol. The Kier molecular flexibility index (Phi) is 2.44. The number of hydrogen-bond donors (Lipinski definition) is 1. The molecule has 66 valence electrons. The SMILES string of the molecule is CCO[C@@H]1CNCc2ccsc21. The molecule has 1 aromatic heterocycles. The maximum absolute atomic E-state index is 5.62. The Labute approximate surface area is 76.6 Å². The first-order valence-corrected chi connectivity index (χ1v) is 5.18. The minimum atomic E-state index is 0.291. The summed E-state index contributed by atoms with van der Waals surface area (Å²) in [6, 6.07) is 2.18. The van der Waals surface area contributed by atoms with Gasteiger partial charge in [-0.3, -0.25) is 0 Å². The minimum Gasteiger partial charge on any atom is -0.372 e. The van der Waals surface area contributed by atoms with Crippen LogP contribution in [0.25, 0.3) is 0 Å². The molecule has 1 N–H and O–H groups in total. The van der Waals surface area contributed by atoms with Gasteiger partial charge >= 0.3 is 0 Å². The van der Waals surface area contributed by atoms with Crippen LogP contribution in [-0.4, -0.2) is 13.2 Å². The summed E-state index contributed by atoms with van der Waals surface area (Å²) >= 11 is 1.81. The Morgan fingerprint density at radius 2 is 2.67 bits per heavy atom. The van der Waals surface area contributed by atoms with Gasteiger partial charge in [-0.15, -0.1) is 11.3 Å². The van der Waals surface area contributed by atoms with Crippen LogP contribution in [0.4, 0.5) is 0 Å². The van der Waals surface area contributed by atoms with Crippen LogP contribution in [0.3, 0.4) is 0 Å². The van der Waals surface area contributed by atoms with Gasteiger partial charge in [-0.25, -0.2) is 0 Å². The highest BCUT2D eigenvalue weighted by Crippen LogP contribution is 2.29. The lowest BCUT2D eigenvalue weighted by Gasteiger charge is -2.22. The summed E-state index contributed by atoms with van der Waals surface area (Å²) in [4.78, 5) is 1.41. The highest BCUT2D eigenvalue weighted by molar-refractivity contribution is 7.10. The molecule has 1 aromatic rings. The van der Waals surface area contributed by atoms with Crippen molar-refractivity contribution in [3.05, 3.63) is 21.9 Å². The van der Waals surface area contributed by atoms with Gasteiger partial charge in [0.25, 0.3) is 0 Å². The van der Waals surface area contributed by atoms with E-state index < -0.39 is 0 Å². The summed E-state index contributed by atoms with van der Waals surface area (Å²) in [5, 5.41) is 5.49. The lowest BCUT2D eigenvalue weighted by Crippen LogP contribution is -2.28. The van der Waals surface area contributed by atoms with E-state index in [9.17, 15) is 0 Å². The molecule has 0 saturated heterocycles. The molecular weight excluding hydrogens is 170 g/mol. The molecule has 0 amide bonds. The van der Waals surface area contributed by atoms with Crippen LogP contribution in [0.1, 0.15) is 23.5 Å². The maximum atomic E-state index is 5.62. The first-order valence-electron chi connectivity index (χ1n) is 4.30. The van der Waals surface area contributed by atoms with Crippen LogP contribution >= 0.6 is 11.3 Å². The van der Waals surface area contributed by atoms with Crippen molar-refractivity contribution >= 4 is 11.3 Å². The summed E-state index contributed by atoms with van der Waals surface area (Å²) in [7, 11) is 0. The summed E-state index contributed by atoms with van der Waals surface area (Å²) in [6.07, 6.45) is 0.291. The molecule has 0 spiro atoms. The number of ether oxygens (including phenoxy) is 1. The van der Waals surface area contributed by atoms with Gasteiger partial charge in [0.05, 0.1) is 0 Å². The second kappa shape index (κ2) is 3.56. The van der Waals surface area contributed by atoms with Gasteiger partial charge in [-0.1, -0.05) is 0 Å². The largest absolute Gasteiger partial charge is 0.372 e. The molecule has 2 rings (SSSR count). The van der Waals surface area contributed by atoms with E-state index >= 15 is 0 Å².